The minimum atomic E-state index is -0.962. The molecule has 3 rings (SSSR count). The van der Waals surface area contributed by atoms with Crippen molar-refractivity contribution in [2.45, 2.75) is 33.1 Å². The molecule has 190 valence electrons. The number of Topliss-reactive ketones (excluding diaryl/α,β-unsaturated/α-hetero) is 1. The summed E-state index contributed by atoms with van der Waals surface area (Å²) in [7, 11) is 4.31. The fourth-order valence-electron chi connectivity index (χ4n) is 4.82. The van der Waals surface area contributed by atoms with Crippen LogP contribution < -0.4 is 14.8 Å². The minimum absolute atomic E-state index is 0.248. The number of carbonyl (C=O) groups is 3. The highest BCUT2D eigenvalue weighted by molar-refractivity contribution is 7.99. The van der Waals surface area contributed by atoms with Crippen molar-refractivity contribution >= 4 is 29.5 Å². The van der Waals surface area contributed by atoms with E-state index in [1.807, 2.05) is 13.8 Å². The molecule has 0 spiro atoms. The van der Waals surface area contributed by atoms with Crippen LogP contribution in [0, 0.1) is 11.8 Å². The predicted octanol–water partition coefficient (Wildman–Crippen LogP) is 3.61. The monoisotopic (exact) mass is 503 g/mol. The fourth-order valence-corrected chi connectivity index (χ4v) is 5.31. The molecule has 1 aromatic rings. The highest BCUT2D eigenvalue weighted by Crippen LogP contribution is 2.49. The maximum absolute atomic E-state index is 13.8. The summed E-state index contributed by atoms with van der Waals surface area (Å²) in [6, 6.07) is 5.33. The van der Waals surface area contributed by atoms with Gasteiger partial charge in [-0.1, -0.05) is 26.0 Å². The van der Waals surface area contributed by atoms with Crippen LogP contribution in [-0.4, -0.2) is 57.2 Å². The van der Waals surface area contributed by atoms with E-state index in [0.29, 0.717) is 51.8 Å². The summed E-state index contributed by atoms with van der Waals surface area (Å²) in [5, 5.41) is 3.26. The molecule has 2 aliphatic rings. The molecule has 1 N–H and O–H groups in total. The number of allylic oxidation sites excluding steroid dienone is 3. The van der Waals surface area contributed by atoms with Crippen LogP contribution in [0.15, 0.2) is 40.7 Å². The average Bonchev–Trinajstić information content (AvgIpc) is 2.84. The van der Waals surface area contributed by atoms with Gasteiger partial charge in [-0.3, -0.25) is 9.59 Å². The first-order chi connectivity index (χ1) is 16.8. The Morgan fingerprint density at radius 3 is 2.54 bits per heavy atom. The van der Waals surface area contributed by atoms with Crippen molar-refractivity contribution < 1.29 is 33.3 Å². The highest BCUT2D eigenvalue weighted by atomic mass is 32.2. The van der Waals surface area contributed by atoms with E-state index in [4.69, 9.17) is 18.9 Å². The van der Waals surface area contributed by atoms with Crippen molar-refractivity contribution in [3.63, 3.8) is 0 Å². The third-order valence-corrected chi connectivity index (χ3v) is 7.24. The number of ketones is 1. The molecule has 0 saturated heterocycles. The molecular formula is C26H33NO7S. The molecule has 1 aromatic carbocycles. The van der Waals surface area contributed by atoms with E-state index in [2.05, 4.69) is 5.32 Å². The number of rotatable bonds is 9. The normalized spacial score (nSPS) is 21.8. The van der Waals surface area contributed by atoms with Crippen LogP contribution >= 0.6 is 11.8 Å². The molecule has 0 fully saturated rings. The molecule has 0 bridgehead atoms. The van der Waals surface area contributed by atoms with Crippen LogP contribution in [0.3, 0.4) is 0 Å². The number of dihydropyridines is 1. The van der Waals surface area contributed by atoms with Gasteiger partial charge in [0.15, 0.2) is 17.3 Å². The van der Waals surface area contributed by atoms with Gasteiger partial charge in [0.2, 0.25) is 0 Å². The first-order valence-corrected chi connectivity index (χ1v) is 12.7. The largest absolute Gasteiger partial charge is 0.493 e. The number of carbonyl (C=O) groups excluding carboxylic acids is 3. The maximum Gasteiger partial charge on any atom is 0.336 e. The van der Waals surface area contributed by atoms with Gasteiger partial charge in [-0.2, -0.15) is 11.8 Å². The third-order valence-electron chi connectivity index (χ3n) is 6.37. The Morgan fingerprint density at radius 1 is 1.17 bits per heavy atom. The molecule has 1 aliphatic carbocycles. The summed E-state index contributed by atoms with van der Waals surface area (Å²) in [4.78, 5) is 39.8. The molecule has 0 amide bonds. The van der Waals surface area contributed by atoms with Crippen LogP contribution in [0.5, 0.6) is 11.5 Å². The second-order valence-electron chi connectivity index (χ2n) is 8.45. The molecule has 0 saturated carbocycles. The van der Waals surface area contributed by atoms with Crippen molar-refractivity contribution in [2.75, 3.05) is 39.4 Å². The van der Waals surface area contributed by atoms with Gasteiger partial charge in [-0.25, -0.2) is 4.79 Å². The lowest BCUT2D eigenvalue weighted by atomic mass is 9.69. The van der Waals surface area contributed by atoms with Crippen LogP contribution in [0.1, 0.15) is 38.7 Å². The summed E-state index contributed by atoms with van der Waals surface area (Å²) in [5.41, 5.74) is 2.53. The van der Waals surface area contributed by atoms with Crippen molar-refractivity contribution in [3.8, 4) is 11.5 Å². The zero-order valence-electron chi connectivity index (χ0n) is 21.1. The molecule has 1 aliphatic heterocycles. The quantitative estimate of drug-likeness (QED) is 0.308. The first-order valence-electron chi connectivity index (χ1n) is 11.6. The zero-order chi connectivity index (χ0) is 25.7. The molecular weight excluding hydrogens is 470 g/mol. The summed E-state index contributed by atoms with van der Waals surface area (Å²) in [5.74, 6) is -1.02. The molecule has 8 nitrogen and oxygen atoms in total. The second-order valence-corrected chi connectivity index (χ2v) is 9.84. The number of ether oxygens (including phenoxy) is 4. The number of thioether (sulfide) groups is 1. The van der Waals surface area contributed by atoms with Crippen LogP contribution in [-0.2, 0) is 23.9 Å². The van der Waals surface area contributed by atoms with E-state index in [1.165, 1.54) is 21.3 Å². The molecule has 35 heavy (non-hydrogen) atoms. The molecule has 0 radical (unpaired) electrons. The smallest absolute Gasteiger partial charge is 0.336 e. The van der Waals surface area contributed by atoms with E-state index in [-0.39, 0.29) is 18.3 Å². The van der Waals surface area contributed by atoms with Crippen molar-refractivity contribution in [2.24, 2.45) is 11.8 Å². The number of hydrogen-bond acceptors (Lipinski definition) is 9. The summed E-state index contributed by atoms with van der Waals surface area (Å²) >= 11 is 1.67. The fraction of sp³-hybridized carbons (Fsp3) is 0.500. The summed E-state index contributed by atoms with van der Waals surface area (Å²) in [6.45, 7) is 5.93. The SMILES string of the molecule is CCSCCOC(=O)C1=C(C)NC2=C(C(=O)[C@H](C(=O)OC)[C@@H](C)C2)[C@H]1c1cccc(OC)c1OC. The maximum atomic E-state index is 13.8. The summed E-state index contributed by atoms with van der Waals surface area (Å²) in [6.07, 6.45) is 0.455. The summed E-state index contributed by atoms with van der Waals surface area (Å²) < 4.78 is 21.7. The van der Waals surface area contributed by atoms with Gasteiger partial charge in [0.25, 0.3) is 0 Å². The van der Waals surface area contributed by atoms with E-state index in [0.717, 1.165) is 5.75 Å². The first kappa shape index (κ1) is 26.7. The Balaban J connectivity index is 2.18. The van der Waals surface area contributed by atoms with E-state index >= 15 is 0 Å². The van der Waals surface area contributed by atoms with E-state index in [9.17, 15) is 14.4 Å². The van der Waals surface area contributed by atoms with Crippen LogP contribution in [0.25, 0.3) is 0 Å². The Morgan fingerprint density at radius 2 is 1.91 bits per heavy atom. The Labute approximate surface area is 210 Å². The van der Waals surface area contributed by atoms with Gasteiger partial charge < -0.3 is 24.3 Å². The lowest BCUT2D eigenvalue weighted by molar-refractivity contribution is -0.151. The molecule has 0 unspecified atom stereocenters. The third kappa shape index (κ3) is 5.19. The number of esters is 2. The second kappa shape index (κ2) is 11.7. The van der Waals surface area contributed by atoms with Crippen molar-refractivity contribution in [3.05, 3.63) is 46.3 Å². The van der Waals surface area contributed by atoms with E-state index < -0.39 is 23.8 Å². The number of nitrogens with one attached hydrogen (secondary N) is 1. The minimum Gasteiger partial charge on any atom is -0.493 e. The molecule has 9 heteroatoms. The number of hydrogen-bond donors (Lipinski definition) is 1. The van der Waals surface area contributed by atoms with E-state index in [1.54, 1.807) is 36.9 Å². The Hall–Kier alpha value is -2.94. The number of para-hydroxylation sites is 1. The molecule has 1 heterocycles. The van der Waals surface area contributed by atoms with Gasteiger partial charge in [0, 0.05) is 28.3 Å². The molecule has 0 aromatic heterocycles. The van der Waals surface area contributed by atoms with Gasteiger partial charge in [-0.15, -0.1) is 0 Å². The topological polar surface area (TPSA) is 100 Å². The van der Waals surface area contributed by atoms with Gasteiger partial charge in [0.1, 0.15) is 12.5 Å². The van der Waals surface area contributed by atoms with Crippen molar-refractivity contribution in [1.82, 2.24) is 5.32 Å². The molecule has 3 atom stereocenters. The predicted molar refractivity (Wildman–Crippen MR) is 133 cm³/mol. The highest BCUT2D eigenvalue weighted by Gasteiger charge is 2.48. The van der Waals surface area contributed by atoms with Gasteiger partial charge in [-0.05, 0) is 31.1 Å². The lowest BCUT2D eigenvalue weighted by Crippen LogP contribution is -2.43. The van der Waals surface area contributed by atoms with Crippen molar-refractivity contribution in [1.29, 1.82) is 0 Å². The Bertz CT molecular complexity index is 1060. The van der Waals surface area contributed by atoms with Crippen LogP contribution in [0.4, 0.5) is 0 Å². The standard InChI is InChI=1S/C26H33NO7S/c1-7-35-12-11-34-26(30)20-15(3)27-17-13-14(2)19(25(29)33-6)23(28)22(17)21(20)16-9-8-10-18(31-4)24(16)32-5/h8-10,14,19,21,27H,7,11-13H2,1-6H3/t14-,19+,21-/m0/s1. The van der Waals surface area contributed by atoms with Crippen LogP contribution in [0.2, 0.25) is 0 Å². The number of benzene rings is 1. The zero-order valence-corrected chi connectivity index (χ0v) is 21.9. The Kier molecular flexibility index (Phi) is 8.88. The average molecular weight is 504 g/mol. The lowest BCUT2D eigenvalue weighted by Gasteiger charge is -2.38. The number of methoxy groups -OCH3 is 3. The van der Waals surface area contributed by atoms with Gasteiger partial charge in [0.05, 0.1) is 32.8 Å². The van der Waals surface area contributed by atoms with Gasteiger partial charge >= 0.3 is 11.9 Å².